The van der Waals surface area contributed by atoms with E-state index < -0.39 is 0 Å². The molecule has 0 atom stereocenters. The van der Waals surface area contributed by atoms with E-state index in [1.807, 2.05) is 19.1 Å². The fourth-order valence-corrected chi connectivity index (χ4v) is 2.20. The largest absolute Gasteiger partial charge is 0.148 e. The van der Waals surface area contributed by atoms with E-state index in [1.165, 1.54) is 22.3 Å². The third kappa shape index (κ3) is 2.99. The van der Waals surface area contributed by atoms with E-state index in [4.69, 9.17) is 0 Å². The van der Waals surface area contributed by atoms with Gasteiger partial charge in [-0.2, -0.15) is 0 Å². The van der Waals surface area contributed by atoms with Crippen molar-refractivity contribution in [1.29, 1.82) is 0 Å². The zero-order chi connectivity index (χ0) is 13.8. The molecular weight excluding hydrogens is 248 g/mol. The molecule has 0 aliphatic heterocycles. The van der Waals surface area contributed by atoms with Crippen molar-refractivity contribution in [1.82, 2.24) is 0 Å². The van der Waals surface area contributed by atoms with E-state index in [9.17, 15) is 0 Å². The fraction of sp³-hybridized carbons (Fsp3) is 0.111. The molecule has 2 rings (SSSR count). The molecule has 0 spiro atoms. The monoisotopic (exact) mass is 266 g/mol. The molecule has 0 saturated carbocycles. The Morgan fingerprint density at radius 1 is 1.05 bits per heavy atom. The van der Waals surface area contributed by atoms with E-state index in [0.29, 0.717) is 0 Å². The van der Waals surface area contributed by atoms with Gasteiger partial charge in [-0.05, 0) is 52.6 Å². The predicted molar refractivity (Wildman–Crippen MR) is 89.2 cm³/mol. The molecule has 0 unspecified atom stereocenters. The first-order valence-corrected chi connectivity index (χ1v) is 6.77. The molecule has 0 N–H and O–H groups in total. The van der Waals surface area contributed by atoms with Crippen LogP contribution in [0.2, 0.25) is 0 Å². The van der Waals surface area contributed by atoms with Gasteiger partial charge in [0.1, 0.15) is 0 Å². The topological polar surface area (TPSA) is 0 Å². The van der Waals surface area contributed by atoms with Crippen molar-refractivity contribution >= 4 is 24.3 Å². The first-order chi connectivity index (χ1) is 9.13. The van der Waals surface area contributed by atoms with Crippen LogP contribution >= 0.6 is 12.6 Å². The van der Waals surface area contributed by atoms with Gasteiger partial charge in [0.05, 0.1) is 0 Å². The lowest BCUT2D eigenvalue weighted by atomic mass is 9.96. The molecule has 0 aromatic heterocycles. The Labute approximate surface area is 120 Å². The summed E-state index contributed by atoms with van der Waals surface area (Å²) in [6, 6.07) is 16.9. The van der Waals surface area contributed by atoms with Gasteiger partial charge in [0, 0.05) is 0 Å². The smallest absolute Gasteiger partial charge is 0.0111 e. The van der Waals surface area contributed by atoms with Crippen molar-refractivity contribution in [2.45, 2.75) is 13.8 Å². The zero-order valence-corrected chi connectivity index (χ0v) is 12.2. The van der Waals surface area contributed by atoms with Gasteiger partial charge in [-0.15, -0.1) is 12.6 Å². The summed E-state index contributed by atoms with van der Waals surface area (Å²) < 4.78 is 0. The van der Waals surface area contributed by atoms with Gasteiger partial charge in [0.15, 0.2) is 0 Å². The zero-order valence-electron chi connectivity index (χ0n) is 11.4. The Kier molecular flexibility index (Phi) is 4.28. The number of thiol groups is 1. The first kappa shape index (κ1) is 13.7. The summed E-state index contributed by atoms with van der Waals surface area (Å²) in [7, 11) is 0. The summed E-state index contributed by atoms with van der Waals surface area (Å²) in [6.45, 7) is 8.00. The maximum atomic E-state index is 4.43. The SMILES string of the molecule is C=Cc1ccccc1-c1cccc(/C(C)=C(/C)S)c1. The molecule has 0 radical (unpaired) electrons. The summed E-state index contributed by atoms with van der Waals surface area (Å²) in [5, 5.41) is 0. The van der Waals surface area contributed by atoms with Crippen LogP contribution in [0.15, 0.2) is 60.0 Å². The van der Waals surface area contributed by atoms with Gasteiger partial charge in [0.25, 0.3) is 0 Å². The standard InChI is InChI=1S/C18H18S/c1-4-15-8-5-6-11-18(15)17-10-7-9-16(12-17)13(2)14(3)19/h4-12,19H,1H2,2-3H3/b14-13-. The molecule has 0 saturated heterocycles. The molecule has 0 aliphatic carbocycles. The molecule has 0 fully saturated rings. The first-order valence-electron chi connectivity index (χ1n) is 6.32. The molecular formula is C18H18S. The maximum absolute atomic E-state index is 4.43. The van der Waals surface area contributed by atoms with Crippen molar-refractivity contribution in [3.8, 4) is 11.1 Å². The van der Waals surface area contributed by atoms with Gasteiger partial charge in [-0.25, -0.2) is 0 Å². The van der Waals surface area contributed by atoms with E-state index in [2.05, 4.69) is 68.6 Å². The van der Waals surface area contributed by atoms with Gasteiger partial charge >= 0.3 is 0 Å². The Morgan fingerprint density at radius 2 is 1.79 bits per heavy atom. The third-order valence-electron chi connectivity index (χ3n) is 3.33. The third-order valence-corrected chi connectivity index (χ3v) is 3.67. The highest BCUT2D eigenvalue weighted by atomic mass is 32.1. The fourth-order valence-electron chi connectivity index (χ4n) is 2.07. The molecule has 2 aromatic carbocycles. The van der Waals surface area contributed by atoms with Crippen LogP contribution in [-0.4, -0.2) is 0 Å². The molecule has 0 bridgehead atoms. The van der Waals surface area contributed by atoms with E-state index in [0.717, 1.165) is 10.5 Å². The normalized spacial score (nSPS) is 11.9. The molecule has 2 aromatic rings. The number of hydrogen-bond acceptors (Lipinski definition) is 1. The highest BCUT2D eigenvalue weighted by Crippen LogP contribution is 2.28. The lowest BCUT2D eigenvalue weighted by Gasteiger charge is -2.09. The molecule has 96 valence electrons. The van der Waals surface area contributed by atoms with Crippen LogP contribution in [-0.2, 0) is 0 Å². The minimum atomic E-state index is 1.05. The summed E-state index contributed by atoms with van der Waals surface area (Å²) in [6.07, 6.45) is 1.90. The quantitative estimate of drug-likeness (QED) is 0.679. The lowest BCUT2D eigenvalue weighted by Crippen LogP contribution is -1.86. The van der Waals surface area contributed by atoms with Gasteiger partial charge in [0.2, 0.25) is 0 Å². The van der Waals surface area contributed by atoms with Crippen LogP contribution < -0.4 is 0 Å². The molecule has 0 nitrogen and oxygen atoms in total. The Bertz CT molecular complexity index is 632. The van der Waals surface area contributed by atoms with Gasteiger partial charge in [-0.3, -0.25) is 0 Å². The summed E-state index contributed by atoms with van der Waals surface area (Å²) in [5.74, 6) is 0. The van der Waals surface area contributed by atoms with Crippen LogP contribution in [0.1, 0.15) is 25.0 Å². The lowest BCUT2D eigenvalue weighted by molar-refractivity contribution is 1.51. The minimum Gasteiger partial charge on any atom is -0.148 e. The molecule has 0 amide bonds. The number of allylic oxidation sites excluding steroid dienone is 2. The van der Waals surface area contributed by atoms with E-state index in [-0.39, 0.29) is 0 Å². The second-order valence-corrected chi connectivity index (χ2v) is 5.25. The predicted octanol–water partition coefficient (Wildman–Crippen LogP) is 5.68. The van der Waals surface area contributed by atoms with Crippen LogP contribution in [0.5, 0.6) is 0 Å². The van der Waals surface area contributed by atoms with Gasteiger partial charge in [-0.1, -0.05) is 55.1 Å². The van der Waals surface area contributed by atoms with Crippen molar-refractivity contribution in [2.75, 3.05) is 0 Å². The van der Waals surface area contributed by atoms with Crippen molar-refractivity contribution in [2.24, 2.45) is 0 Å². The van der Waals surface area contributed by atoms with E-state index in [1.54, 1.807) is 0 Å². The van der Waals surface area contributed by atoms with Crippen LogP contribution in [0.4, 0.5) is 0 Å². The van der Waals surface area contributed by atoms with Crippen LogP contribution in [0.3, 0.4) is 0 Å². The average molecular weight is 266 g/mol. The highest BCUT2D eigenvalue weighted by molar-refractivity contribution is 7.84. The number of benzene rings is 2. The minimum absolute atomic E-state index is 1.05. The second kappa shape index (κ2) is 5.94. The maximum Gasteiger partial charge on any atom is -0.0111 e. The average Bonchev–Trinajstić information content (AvgIpc) is 2.46. The molecule has 0 heterocycles. The van der Waals surface area contributed by atoms with Crippen LogP contribution in [0, 0.1) is 0 Å². The Hall–Kier alpha value is -1.73. The van der Waals surface area contributed by atoms with Crippen molar-refractivity contribution < 1.29 is 0 Å². The Morgan fingerprint density at radius 3 is 2.47 bits per heavy atom. The summed E-state index contributed by atoms with van der Waals surface area (Å²) in [5.41, 5.74) is 6.00. The number of hydrogen-bond donors (Lipinski definition) is 1. The van der Waals surface area contributed by atoms with Crippen molar-refractivity contribution in [3.05, 3.63) is 71.1 Å². The molecule has 1 heteroatoms. The highest BCUT2D eigenvalue weighted by Gasteiger charge is 2.04. The van der Waals surface area contributed by atoms with E-state index >= 15 is 0 Å². The molecule has 19 heavy (non-hydrogen) atoms. The van der Waals surface area contributed by atoms with Gasteiger partial charge < -0.3 is 0 Å². The summed E-state index contributed by atoms with van der Waals surface area (Å²) in [4.78, 5) is 1.05. The molecule has 0 aliphatic rings. The second-order valence-electron chi connectivity index (χ2n) is 4.58. The van der Waals surface area contributed by atoms with Crippen molar-refractivity contribution in [3.63, 3.8) is 0 Å². The number of rotatable bonds is 3. The Balaban J connectivity index is 2.56. The summed E-state index contributed by atoms with van der Waals surface area (Å²) >= 11 is 4.43. The van der Waals surface area contributed by atoms with Crippen LogP contribution in [0.25, 0.3) is 22.8 Å².